The van der Waals surface area contributed by atoms with Gasteiger partial charge in [0.25, 0.3) is 5.91 Å². The second kappa shape index (κ2) is 18.6. The largest absolute Gasteiger partial charge is 0.453 e. The van der Waals surface area contributed by atoms with Crippen molar-refractivity contribution >= 4 is 40.5 Å². The lowest BCUT2D eigenvalue weighted by atomic mass is 9.98. The second-order valence-electron chi connectivity index (χ2n) is 16.7. The summed E-state index contributed by atoms with van der Waals surface area (Å²) in [6.45, 7) is 7.20. The molecule has 8 rings (SSSR count). The molecular formula is C49H56N8O6. The summed E-state index contributed by atoms with van der Waals surface area (Å²) in [7, 11) is 2.64. The molecule has 14 nitrogen and oxygen atoms in total. The summed E-state index contributed by atoms with van der Waals surface area (Å²) >= 11 is 0. The molecule has 2 saturated heterocycles. The minimum atomic E-state index is -0.813. The molecule has 0 saturated carbocycles. The molecule has 63 heavy (non-hydrogen) atoms. The van der Waals surface area contributed by atoms with E-state index < -0.39 is 24.3 Å². The number of likely N-dealkylation sites (tertiary alicyclic amines) is 2. The van der Waals surface area contributed by atoms with Crippen molar-refractivity contribution < 1.29 is 28.7 Å². The maximum absolute atomic E-state index is 14.3. The molecule has 3 aliphatic heterocycles. The van der Waals surface area contributed by atoms with Crippen LogP contribution in [0, 0.1) is 5.92 Å². The average Bonchev–Trinajstić information content (AvgIpc) is 4.17. The van der Waals surface area contributed by atoms with E-state index in [0.29, 0.717) is 19.6 Å². The van der Waals surface area contributed by atoms with Gasteiger partial charge in [-0.15, -0.1) is 0 Å². The van der Waals surface area contributed by atoms with E-state index in [0.717, 1.165) is 81.5 Å². The van der Waals surface area contributed by atoms with Crippen molar-refractivity contribution in [3.05, 3.63) is 120 Å². The van der Waals surface area contributed by atoms with Crippen LogP contribution in [0.1, 0.15) is 75.5 Å². The van der Waals surface area contributed by atoms with Crippen LogP contribution in [0.3, 0.4) is 0 Å². The first kappa shape index (κ1) is 42.8. The van der Waals surface area contributed by atoms with Gasteiger partial charge in [-0.1, -0.05) is 92.7 Å². The molecule has 2 fully saturated rings. The molecule has 5 atom stereocenters. The van der Waals surface area contributed by atoms with Crippen LogP contribution in [-0.4, -0.2) is 101 Å². The van der Waals surface area contributed by atoms with Gasteiger partial charge in [-0.3, -0.25) is 14.5 Å². The fourth-order valence-corrected chi connectivity index (χ4v) is 9.27. The Morgan fingerprint density at radius 1 is 0.810 bits per heavy atom. The summed E-state index contributed by atoms with van der Waals surface area (Å²) in [5.41, 5.74) is 6.76. The van der Waals surface area contributed by atoms with E-state index in [1.807, 2.05) is 73.3 Å². The van der Waals surface area contributed by atoms with Crippen LogP contribution >= 0.6 is 0 Å². The molecule has 1 unspecified atom stereocenters. The highest BCUT2D eigenvalue weighted by atomic mass is 16.5. The Bertz CT molecular complexity index is 2490. The van der Waals surface area contributed by atoms with Crippen LogP contribution in [0.5, 0.6) is 0 Å². The zero-order valence-electron chi connectivity index (χ0n) is 36.5. The standard InChI is InChI=1S/C49H56N8O6/c1-6-55(49(61)63-5)43(33-12-8-7-9-13-33)47(59)57-25-11-15-41(57)45-50-28-38(52-45)32-18-16-31(17-19-32)34-20-21-36-27-37(23-22-35(36)26-34)39-29-51-44(53-39)40-14-10-24-56(40)46(58)42(30(2)3)54-48(60)62-4/h7-9,12-13,16-23,26-30,40-44,51,53H,6,10-11,14-15,24-25H2,1-5H3,(H,50,52)(H,54,60)/t40-,41-,42-,43+,44?/m0/s1. The minimum absolute atomic E-state index is 0.0732. The van der Waals surface area contributed by atoms with E-state index in [2.05, 4.69) is 81.6 Å². The molecule has 4 amide bonds. The van der Waals surface area contributed by atoms with E-state index in [1.165, 1.54) is 19.1 Å². The summed E-state index contributed by atoms with van der Waals surface area (Å²) in [4.78, 5) is 66.3. The van der Waals surface area contributed by atoms with Crippen molar-refractivity contribution in [1.82, 2.24) is 40.6 Å². The van der Waals surface area contributed by atoms with Crippen LogP contribution < -0.4 is 16.0 Å². The van der Waals surface area contributed by atoms with Gasteiger partial charge in [0.15, 0.2) is 0 Å². The Balaban J connectivity index is 0.925. The highest BCUT2D eigenvalue weighted by Crippen LogP contribution is 2.36. The predicted octanol–water partition coefficient (Wildman–Crippen LogP) is 7.58. The first-order valence-electron chi connectivity index (χ1n) is 21.9. The molecule has 3 aliphatic rings. The smallest absolute Gasteiger partial charge is 0.410 e. The normalized spacial score (nSPS) is 19.3. The molecule has 5 aromatic rings. The van der Waals surface area contributed by atoms with Crippen molar-refractivity contribution in [2.24, 2.45) is 5.92 Å². The number of ether oxygens (including phenoxy) is 2. The fraction of sp³-hybridized carbons (Fsp3) is 0.367. The molecule has 14 heteroatoms. The quantitative estimate of drug-likeness (QED) is 0.0992. The maximum Gasteiger partial charge on any atom is 0.410 e. The summed E-state index contributed by atoms with van der Waals surface area (Å²) in [5.74, 6) is 0.376. The number of likely N-dealkylation sites (N-methyl/N-ethyl adjacent to an activating group) is 1. The summed E-state index contributed by atoms with van der Waals surface area (Å²) in [5, 5.41) is 12.0. The first-order valence-corrected chi connectivity index (χ1v) is 21.9. The molecule has 0 spiro atoms. The number of hydrogen-bond acceptors (Lipinski definition) is 9. The number of nitrogens with zero attached hydrogens (tertiary/aromatic N) is 4. The third-order valence-electron chi connectivity index (χ3n) is 12.6. The number of fused-ring (bicyclic) bond motifs is 1. The number of nitrogens with one attached hydrogen (secondary N) is 4. The van der Waals surface area contributed by atoms with Gasteiger partial charge >= 0.3 is 12.2 Å². The SMILES string of the molecule is CCN(C(=O)OC)[C@@H](C(=O)N1CCC[C@H]1c1ncc(-c2ccc(-c3ccc4cc(C5=CNC([C@@H]6CCCN6C(=O)[C@@H](NC(=O)OC)C(C)C)N5)ccc4c3)cc2)[nH]1)c1ccccc1. The van der Waals surface area contributed by atoms with Crippen LogP contribution in [-0.2, 0) is 19.1 Å². The number of alkyl carbamates (subject to hydrolysis) is 1. The number of rotatable bonds is 12. The van der Waals surface area contributed by atoms with Gasteiger partial charge in [0, 0.05) is 25.8 Å². The summed E-state index contributed by atoms with van der Waals surface area (Å²) in [6, 6.07) is 28.9. The second-order valence-corrected chi connectivity index (χ2v) is 16.7. The van der Waals surface area contributed by atoms with E-state index >= 15 is 0 Å². The third-order valence-corrected chi connectivity index (χ3v) is 12.6. The van der Waals surface area contributed by atoms with Crippen LogP contribution in [0.2, 0.25) is 0 Å². The lowest BCUT2D eigenvalue weighted by Crippen LogP contribution is -2.57. The molecule has 0 bridgehead atoms. The van der Waals surface area contributed by atoms with Gasteiger partial charge in [-0.05, 0) is 89.2 Å². The van der Waals surface area contributed by atoms with Crippen molar-refractivity contribution in [1.29, 1.82) is 0 Å². The molecule has 0 aliphatic carbocycles. The van der Waals surface area contributed by atoms with Crippen molar-refractivity contribution in [2.75, 3.05) is 33.9 Å². The zero-order valence-corrected chi connectivity index (χ0v) is 36.5. The molecule has 1 aromatic heterocycles. The number of carbonyl (C=O) groups excluding carboxylic acids is 4. The van der Waals surface area contributed by atoms with Crippen molar-refractivity contribution in [3.8, 4) is 22.4 Å². The number of hydrogen-bond donors (Lipinski definition) is 4. The number of aromatic nitrogens is 2. The molecule has 4 N–H and O–H groups in total. The minimum Gasteiger partial charge on any atom is -0.453 e. The van der Waals surface area contributed by atoms with Crippen LogP contribution in [0.25, 0.3) is 38.9 Å². The molecule has 4 aromatic carbocycles. The van der Waals surface area contributed by atoms with Gasteiger partial charge in [0.2, 0.25) is 5.91 Å². The summed E-state index contributed by atoms with van der Waals surface area (Å²) < 4.78 is 9.86. The highest BCUT2D eigenvalue weighted by molar-refractivity contribution is 5.91. The van der Waals surface area contributed by atoms with Crippen molar-refractivity contribution in [3.63, 3.8) is 0 Å². The Hall–Kier alpha value is -6.83. The van der Waals surface area contributed by atoms with E-state index in [1.54, 1.807) is 0 Å². The van der Waals surface area contributed by atoms with E-state index in [4.69, 9.17) is 14.5 Å². The number of imidazole rings is 1. The van der Waals surface area contributed by atoms with Gasteiger partial charge in [0.1, 0.15) is 24.1 Å². The van der Waals surface area contributed by atoms with Crippen molar-refractivity contribution in [2.45, 2.75) is 76.8 Å². The predicted molar refractivity (Wildman–Crippen MR) is 242 cm³/mol. The third kappa shape index (κ3) is 8.79. The maximum atomic E-state index is 14.3. The average molecular weight is 853 g/mol. The van der Waals surface area contributed by atoms with Crippen LogP contribution in [0.15, 0.2) is 103 Å². The summed E-state index contributed by atoms with van der Waals surface area (Å²) in [6.07, 6.45) is 5.82. The van der Waals surface area contributed by atoms with Crippen LogP contribution in [0.4, 0.5) is 9.59 Å². The number of H-pyrrole nitrogens is 1. The number of carbonyl (C=O) groups is 4. The van der Waals surface area contributed by atoms with Gasteiger partial charge in [-0.25, -0.2) is 14.6 Å². The lowest BCUT2D eigenvalue weighted by molar-refractivity contribution is -0.138. The van der Waals surface area contributed by atoms with Gasteiger partial charge < -0.3 is 40.2 Å². The molecular weight excluding hydrogens is 797 g/mol. The fourth-order valence-electron chi connectivity index (χ4n) is 9.27. The number of benzene rings is 4. The number of methoxy groups -OCH3 is 2. The Morgan fingerprint density at radius 2 is 1.48 bits per heavy atom. The Labute approximate surface area is 368 Å². The zero-order chi connectivity index (χ0) is 44.2. The van der Waals surface area contributed by atoms with E-state index in [9.17, 15) is 19.2 Å². The molecule has 0 radical (unpaired) electrons. The number of amides is 4. The topological polar surface area (TPSA) is 161 Å². The van der Waals surface area contributed by atoms with Gasteiger partial charge in [-0.2, -0.15) is 0 Å². The van der Waals surface area contributed by atoms with Gasteiger partial charge in [0.05, 0.1) is 43.9 Å². The monoisotopic (exact) mass is 852 g/mol. The lowest BCUT2D eigenvalue weighted by Gasteiger charge is -2.34. The highest BCUT2D eigenvalue weighted by Gasteiger charge is 2.42. The Kier molecular flexibility index (Phi) is 12.7. The van der Waals surface area contributed by atoms with E-state index in [-0.39, 0.29) is 36.0 Å². The first-order chi connectivity index (χ1) is 30.6. The molecule has 328 valence electrons. The number of aromatic amines is 1. The molecule has 4 heterocycles. The Morgan fingerprint density at radius 3 is 2.17 bits per heavy atom.